The van der Waals surface area contributed by atoms with E-state index in [1.807, 2.05) is 12.1 Å². The van der Waals surface area contributed by atoms with E-state index in [0.717, 1.165) is 44.7 Å². The summed E-state index contributed by atoms with van der Waals surface area (Å²) in [7, 11) is 2.11. The lowest BCUT2D eigenvalue weighted by atomic mass is 10.1. The number of carbonyl (C=O) groups is 1. The summed E-state index contributed by atoms with van der Waals surface area (Å²) in [5.74, 6) is 0.157. The summed E-state index contributed by atoms with van der Waals surface area (Å²) >= 11 is 0. The number of pyridine rings is 1. The van der Waals surface area contributed by atoms with Crippen molar-refractivity contribution in [2.75, 3.05) is 54.9 Å². The first-order valence-electron chi connectivity index (χ1n) is 12.7. The molecule has 0 unspecified atom stereocenters. The van der Waals surface area contributed by atoms with Gasteiger partial charge in [-0.05, 0) is 50.6 Å². The second-order valence-corrected chi connectivity index (χ2v) is 9.82. The van der Waals surface area contributed by atoms with E-state index in [4.69, 9.17) is 4.74 Å². The first-order valence-corrected chi connectivity index (χ1v) is 12.7. The number of carbonyl (C=O) groups excluding carboxylic acids is 1. The average Bonchev–Trinajstić information content (AvgIpc) is 3.70. The fourth-order valence-electron chi connectivity index (χ4n) is 4.86. The fraction of sp³-hybridized carbons (Fsp3) is 0.370. The van der Waals surface area contributed by atoms with E-state index in [0.29, 0.717) is 30.0 Å². The Hall–Kier alpha value is -4.30. The molecule has 6 rings (SSSR count). The monoisotopic (exact) mass is 514 g/mol. The van der Waals surface area contributed by atoms with Gasteiger partial charge in [0.05, 0.1) is 17.6 Å². The summed E-state index contributed by atoms with van der Waals surface area (Å²) in [6.45, 7) is 4.32. The Labute approximate surface area is 219 Å². The molecule has 10 nitrogen and oxygen atoms in total. The van der Waals surface area contributed by atoms with Crippen molar-refractivity contribution < 1.29 is 13.9 Å². The number of anilines is 4. The number of nitrogens with one attached hydrogen (secondary N) is 1. The van der Waals surface area contributed by atoms with Gasteiger partial charge >= 0.3 is 0 Å². The average molecular weight is 515 g/mol. The summed E-state index contributed by atoms with van der Waals surface area (Å²) in [5.41, 5.74) is 2.08. The van der Waals surface area contributed by atoms with Crippen molar-refractivity contribution in [2.24, 2.45) is 5.92 Å². The highest BCUT2D eigenvalue weighted by Gasteiger charge is 2.37. The SMILES string of the molecule is CN1CCN(c2ccc(Nc3ncnc(Oc4ccc5c(c4F)CCN5C(=O)C4CC4)c3C#N)nc2)CC1. The molecule has 1 amide bonds. The molecule has 1 saturated carbocycles. The van der Waals surface area contributed by atoms with Crippen LogP contribution in [0, 0.1) is 23.1 Å². The molecule has 1 aromatic carbocycles. The van der Waals surface area contributed by atoms with Crippen molar-refractivity contribution in [3.8, 4) is 17.7 Å². The number of piperazine rings is 1. The number of hydrogen-bond acceptors (Lipinski definition) is 9. The molecule has 3 aromatic rings. The molecule has 0 atom stereocenters. The molecule has 11 heteroatoms. The highest BCUT2D eigenvalue weighted by molar-refractivity contribution is 5.98. The number of nitriles is 1. The van der Waals surface area contributed by atoms with Gasteiger partial charge in [0.15, 0.2) is 22.9 Å². The van der Waals surface area contributed by atoms with Crippen molar-refractivity contribution in [3.05, 3.63) is 53.7 Å². The highest BCUT2D eigenvalue weighted by Crippen LogP contribution is 2.40. The molecule has 2 aromatic heterocycles. The Kier molecular flexibility index (Phi) is 6.25. The van der Waals surface area contributed by atoms with E-state index >= 15 is 4.39 Å². The van der Waals surface area contributed by atoms with Crippen LogP contribution in [0.15, 0.2) is 36.8 Å². The number of fused-ring (bicyclic) bond motifs is 1. The predicted octanol–water partition coefficient (Wildman–Crippen LogP) is 3.47. The van der Waals surface area contributed by atoms with Gasteiger partial charge in [0.25, 0.3) is 0 Å². The largest absolute Gasteiger partial charge is 0.434 e. The zero-order chi connectivity index (χ0) is 26.2. The van der Waals surface area contributed by atoms with Crippen LogP contribution in [-0.2, 0) is 11.2 Å². The van der Waals surface area contributed by atoms with Gasteiger partial charge in [-0.25, -0.2) is 19.3 Å². The van der Waals surface area contributed by atoms with Gasteiger partial charge in [-0.1, -0.05) is 0 Å². The molecule has 0 radical (unpaired) electrons. The van der Waals surface area contributed by atoms with Crippen molar-refractivity contribution in [1.29, 1.82) is 5.26 Å². The molecule has 2 fully saturated rings. The third-order valence-corrected chi connectivity index (χ3v) is 7.25. The minimum absolute atomic E-state index is 0.0304. The summed E-state index contributed by atoms with van der Waals surface area (Å²) in [6.07, 6.45) is 5.23. The number of amides is 1. The lowest BCUT2D eigenvalue weighted by molar-refractivity contribution is -0.119. The van der Waals surface area contributed by atoms with Gasteiger partial charge in [-0.3, -0.25) is 4.79 Å². The molecule has 0 spiro atoms. The quantitative estimate of drug-likeness (QED) is 0.529. The van der Waals surface area contributed by atoms with Crippen molar-refractivity contribution in [2.45, 2.75) is 19.3 Å². The third-order valence-electron chi connectivity index (χ3n) is 7.25. The van der Waals surface area contributed by atoms with Gasteiger partial charge in [-0.15, -0.1) is 0 Å². The van der Waals surface area contributed by atoms with Crippen LogP contribution in [0.4, 0.5) is 27.4 Å². The zero-order valence-electron chi connectivity index (χ0n) is 21.0. The lowest BCUT2D eigenvalue weighted by Gasteiger charge is -2.33. The first-order chi connectivity index (χ1) is 18.5. The fourth-order valence-corrected chi connectivity index (χ4v) is 4.86. The number of ether oxygens (including phenoxy) is 1. The Morgan fingerprint density at radius 2 is 1.92 bits per heavy atom. The van der Waals surface area contributed by atoms with Crippen LogP contribution in [0.5, 0.6) is 11.6 Å². The second kappa shape index (κ2) is 9.87. The normalized spacial score (nSPS) is 17.2. The van der Waals surface area contributed by atoms with Crippen LogP contribution in [0.25, 0.3) is 0 Å². The number of rotatable bonds is 6. The molecular weight excluding hydrogens is 487 g/mol. The molecule has 4 heterocycles. The number of nitrogens with zero attached hydrogens (tertiary/aromatic N) is 7. The van der Waals surface area contributed by atoms with Crippen LogP contribution in [0.2, 0.25) is 0 Å². The summed E-state index contributed by atoms with van der Waals surface area (Å²) in [5, 5.41) is 12.9. The smallest absolute Gasteiger partial charge is 0.242 e. The van der Waals surface area contributed by atoms with Crippen LogP contribution >= 0.6 is 0 Å². The molecule has 38 heavy (non-hydrogen) atoms. The van der Waals surface area contributed by atoms with E-state index in [-0.39, 0.29) is 34.8 Å². The van der Waals surface area contributed by atoms with Gasteiger partial charge in [0.2, 0.25) is 11.8 Å². The van der Waals surface area contributed by atoms with E-state index in [9.17, 15) is 10.1 Å². The van der Waals surface area contributed by atoms with E-state index in [1.165, 1.54) is 12.4 Å². The van der Waals surface area contributed by atoms with Gasteiger partial charge in [-0.2, -0.15) is 5.26 Å². The highest BCUT2D eigenvalue weighted by atomic mass is 19.1. The van der Waals surface area contributed by atoms with Gasteiger partial charge in [0, 0.05) is 44.2 Å². The number of likely N-dealkylation sites (N-methyl/N-ethyl adjacent to an activating group) is 1. The molecule has 1 N–H and O–H groups in total. The zero-order valence-corrected chi connectivity index (χ0v) is 21.0. The summed E-state index contributed by atoms with van der Waals surface area (Å²) in [6, 6.07) is 9.02. The first kappa shape index (κ1) is 24.1. The van der Waals surface area contributed by atoms with E-state index < -0.39 is 5.82 Å². The summed E-state index contributed by atoms with van der Waals surface area (Å²) in [4.78, 5) is 31.5. The maximum absolute atomic E-state index is 15.4. The molecular formula is C27H27FN8O2. The maximum atomic E-state index is 15.4. The molecule has 1 aliphatic carbocycles. The molecule has 1 saturated heterocycles. The standard InChI is InChI=1S/C27H27FN8O2/c1-34-10-12-35(13-11-34)18-4-7-23(30-15-18)33-25-20(14-29)26(32-16-31-25)38-22-6-5-21-19(24(22)28)8-9-36(21)27(37)17-2-3-17/h4-7,15-17H,2-3,8-13H2,1H3,(H,30,31,32,33). The molecule has 194 valence electrons. The Morgan fingerprint density at radius 3 is 2.63 bits per heavy atom. The van der Waals surface area contributed by atoms with Gasteiger partial charge in [0.1, 0.15) is 18.2 Å². The summed E-state index contributed by atoms with van der Waals surface area (Å²) < 4.78 is 21.2. The van der Waals surface area contributed by atoms with Crippen molar-refractivity contribution in [3.63, 3.8) is 0 Å². The minimum atomic E-state index is -0.549. The molecule has 3 aliphatic rings. The molecule has 2 aliphatic heterocycles. The number of halogens is 1. The Morgan fingerprint density at radius 1 is 1.11 bits per heavy atom. The predicted molar refractivity (Wildman–Crippen MR) is 139 cm³/mol. The van der Waals surface area contributed by atoms with Gasteiger partial charge < -0.3 is 24.8 Å². The van der Waals surface area contributed by atoms with Crippen LogP contribution in [0.3, 0.4) is 0 Å². The lowest BCUT2D eigenvalue weighted by Crippen LogP contribution is -2.44. The van der Waals surface area contributed by atoms with E-state index in [1.54, 1.807) is 17.2 Å². The number of aromatic nitrogens is 3. The maximum Gasteiger partial charge on any atom is 0.242 e. The van der Waals surface area contributed by atoms with Crippen LogP contribution in [-0.4, -0.2) is 65.5 Å². The topological polar surface area (TPSA) is 111 Å². The molecule has 0 bridgehead atoms. The van der Waals surface area contributed by atoms with Crippen LogP contribution in [0.1, 0.15) is 24.0 Å². The van der Waals surface area contributed by atoms with Crippen LogP contribution < -0.4 is 19.9 Å². The van der Waals surface area contributed by atoms with Crippen molar-refractivity contribution in [1.82, 2.24) is 19.9 Å². The minimum Gasteiger partial charge on any atom is -0.434 e. The second-order valence-electron chi connectivity index (χ2n) is 9.82. The van der Waals surface area contributed by atoms with Crippen molar-refractivity contribution >= 4 is 28.9 Å². The van der Waals surface area contributed by atoms with E-state index in [2.05, 4.69) is 43.2 Å². The third kappa shape index (κ3) is 4.59. The number of benzene rings is 1. The Bertz CT molecular complexity index is 1410. The number of hydrogen-bond donors (Lipinski definition) is 1. The Balaban J connectivity index is 1.20.